The van der Waals surface area contributed by atoms with Gasteiger partial charge in [0, 0.05) is 61.9 Å². The lowest BCUT2D eigenvalue weighted by Gasteiger charge is -2.16. The SMILES string of the molecule is [C-]#[N+]c1cc(-n2c3ccc(C)cc3c3cc4c(cc32)sc2ccccc24)c(C#N)cc1-n1c2ccc(C)cc2c2cc3c(cc21)sc1ccccc13. The van der Waals surface area contributed by atoms with Crippen LogP contribution in [0.5, 0.6) is 0 Å². The molecule has 7 aromatic carbocycles. The van der Waals surface area contributed by atoms with E-state index >= 15 is 0 Å². The number of rotatable bonds is 2. The Hall–Kier alpha value is -6.44. The Morgan fingerprint density at radius 3 is 1.52 bits per heavy atom. The van der Waals surface area contributed by atoms with Crippen molar-refractivity contribution in [3.8, 4) is 17.4 Å². The van der Waals surface area contributed by atoms with Crippen molar-refractivity contribution < 1.29 is 0 Å². The van der Waals surface area contributed by atoms with Crippen LogP contribution in [-0.2, 0) is 0 Å². The molecule has 0 bridgehead atoms. The van der Waals surface area contributed by atoms with Gasteiger partial charge in [-0.2, -0.15) is 5.26 Å². The maximum Gasteiger partial charge on any atom is 0.212 e. The minimum absolute atomic E-state index is 0.495. The van der Waals surface area contributed by atoms with Gasteiger partial charge < -0.3 is 9.13 Å². The maximum absolute atomic E-state index is 10.9. The molecular formula is C46H26N4S2. The van der Waals surface area contributed by atoms with Crippen molar-refractivity contribution in [3.63, 3.8) is 0 Å². The summed E-state index contributed by atoms with van der Waals surface area (Å²) >= 11 is 3.58. The van der Waals surface area contributed by atoms with Crippen LogP contribution in [0.1, 0.15) is 16.7 Å². The van der Waals surface area contributed by atoms with E-state index in [4.69, 9.17) is 6.57 Å². The molecule has 6 heteroatoms. The number of nitriles is 1. The Labute approximate surface area is 306 Å². The molecule has 242 valence electrons. The molecule has 0 aliphatic heterocycles. The van der Waals surface area contributed by atoms with E-state index in [1.54, 1.807) is 22.7 Å². The number of thiophene rings is 2. The molecule has 0 N–H and O–H groups in total. The van der Waals surface area contributed by atoms with Crippen molar-refractivity contribution in [1.29, 1.82) is 5.26 Å². The molecule has 4 nitrogen and oxygen atoms in total. The fourth-order valence-electron chi connectivity index (χ4n) is 8.33. The summed E-state index contributed by atoms with van der Waals surface area (Å²) in [6, 6.07) is 45.7. The first-order chi connectivity index (χ1) is 25.5. The van der Waals surface area contributed by atoms with Crippen molar-refractivity contribution >= 4 is 112 Å². The molecule has 0 saturated carbocycles. The van der Waals surface area contributed by atoms with Gasteiger partial charge in [-0.25, -0.2) is 4.85 Å². The first-order valence-electron chi connectivity index (χ1n) is 17.2. The zero-order valence-electron chi connectivity index (χ0n) is 28.2. The molecule has 4 heterocycles. The molecule has 0 amide bonds. The maximum atomic E-state index is 10.9. The normalized spacial score (nSPS) is 12.0. The highest BCUT2D eigenvalue weighted by Gasteiger charge is 2.23. The Morgan fingerprint density at radius 2 is 1.00 bits per heavy atom. The van der Waals surface area contributed by atoms with Crippen molar-refractivity contribution in [3.05, 3.63) is 149 Å². The number of hydrogen-bond donors (Lipinski definition) is 0. The highest BCUT2D eigenvalue weighted by atomic mass is 32.1. The molecular weight excluding hydrogens is 673 g/mol. The summed E-state index contributed by atoms with van der Waals surface area (Å²) in [4.78, 5) is 4.16. The molecule has 52 heavy (non-hydrogen) atoms. The minimum atomic E-state index is 0.495. The van der Waals surface area contributed by atoms with Crippen LogP contribution < -0.4 is 0 Å². The fraction of sp³-hybridized carbons (Fsp3) is 0.0435. The largest absolute Gasteiger partial charge is 0.319 e. The highest BCUT2D eigenvalue weighted by molar-refractivity contribution is 7.26. The fourth-order valence-corrected chi connectivity index (χ4v) is 10.6. The molecule has 0 aliphatic carbocycles. The topological polar surface area (TPSA) is 38.0 Å². The smallest absolute Gasteiger partial charge is 0.212 e. The summed E-state index contributed by atoms with van der Waals surface area (Å²) in [6.07, 6.45) is 0. The quantitative estimate of drug-likeness (QED) is 0.166. The predicted octanol–water partition coefficient (Wildman–Crippen LogP) is 13.7. The Balaban J connectivity index is 1.23. The van der Waals surface area contributed by atoms with Crippen LogP contribution in [0, 0.1) is 31.8 Å². The summed E-state index contributed by atoms with van der Waals surface area (Å²) in [5.74, 6) is 0. The number of aromatic nitrogens is 2. The molecule has 4 aromatic heterocycles. The van der Waals surface area contributed by atoms with Crippen LogP contribution in [0.15, 0.2) is 121 Å². The van der Waals surface area contributed by atoms with Crippen LogP contribution in [0.4, 0.5) is 5.69 Å². The summed E-state index contributed by atoms with van der Waals surface area (Å²) in [5.41, 5.74) is 8.88. The Kier molecular flexibility index (Phi) is 5.94. The zero-order chi connectivity index (χ0) is 34.8. The summed E-state index contributed by atoms with van der Waals surface area (Å²) in [7, 11) is 0. The standard InChI is InChI=1S/C46H26N4S2/c1-25-12-14-37-30(16-25)32-19-34-28-8-4-6-10-43(28)51-45(34)22-40(32)49(37)39-21-36(48-3)42(18-27(39)24-47)50-38-15-13-26(2)17-31(38)33-20-35-29-9-5-7-11-44(29)52-46(35)23-41(33)50/h4-23H,1-2H3. The second-order valence-corrected chi connectivity index (χ2v) is 15.9. The van der Waals surface area contributed by atoms with E-state index in [1.807, 2.05) is 12.1 Å². The first kappa shape index (κ1) is 29.3. The average Bonchev–Trinajstić information content (AvgIpc) is 3.89. The molecule has 0 saturated heterocycles. The molecule has 0 atom stereocenters. The number of hydrogen-bond acceptors (Lipinski definition) is 3. The van der Waals surface area contributed by atoms with Gasteiger partial charge >= 0.3 is 0 Å². The van der Waals surface area contributed by atoms with Gasteiger partial charge in [-0.05, 0) is 86.6 Å². The molecule has 0 spiro atoms. The van der Waals surface area contributed by atoms with E-state index in [0.717, 1.165) is 43.6 Å². The van der Waals surface area contributed by atoms with Gasteiger partial charge in [-0.1, -0.05) is 59.7 Å². The van der Waals surface area contributed by atoms with Gasteiger partial charge in [0.15, 0.2) is 0 Å². The highest BCUT2D eigenvalue weighted by Crippen LogP contribution is 2.45. The lowest BCUT2D eigenvalue weighted by molar-refractivity contribution is 1.14. The summed E-state index contributed by atoms with van der Waals surface area (Å²) in [6.45, 7) is 12.8. The van der Waals surface area contributed by atoms with Gasteiger partial charge in [0.2, 0.25) is 5.69 Å². The molecule has 11 rings (SSSR count). The van der Waals surface area contributed by atoms with E-state index < -0.39 is 0 Å². The zero-order valence-corrected chi connectivity index (χ0v) is 29.8. The Bertz CT molecular complexity index is 3230. The number of benzene rings is 7. The van der Waals surface area contributed by atoms with E-state index in [-0.39, 0.29) is 0 Å². The lowest BCUT2D eigenvalue weighted by Crippen LogP contribution is -2.01. The molecule has 0 aliphatic rings. The van der Waals surface area contributed by atoms with Gasteiger partial charge in [-0.3, -0.25) is 0 Å². The van der Waals surface area contributed by atoms with E-state index in [9.17, 15) is 5.26 Å². The lowest BCUT2D eigenvalue weighted by atomic mass is 10.1. The number of aryl methyl sites for hydroxylation is 2. The van der Waals surface area contributed by atoms with Crippen LogP contribution in [0.2, 0.25) is 0 Å². The average molecular weight is 699 g/mol. The number of nitrogens with zero attached hydrogens (tertiary/aromatic N) is 4. The third-order valence-electron chi connectivity index (χ3n) is 10.7. The van der Waals surface area contributed by atoms with Crippen LogP contribution in [0.25, 0.3) is 100 Å². The number of fused-ring (bicyclic) bond motifs is 12. The summed E-state index contributed by atoms with van der Waals surface area (Å²) < 4.78 is 9.29. The molecule has 0 fully saturated rings. The van der Waals surface area contributed by atoms with Crippen molar-refractivity contribution in [1.82, 2.24) is 9.13 Å². The first-order valence-corrected chi connectivity index (χ1v) is 18.8. The minimum Gasteiger partial charge on any atom is -0.319 e. The second-order valence-electron chi connectivity index (χ2n) is 13.7. The monoisotopic (exact) mass is 698 g/mol. The van der Waals surface area contributed by atoms with E-state index in [0.29, 0.717) is 22.6 Å². The van der Waals surface area contributed by atoms with Crippen molar-refractivity contribution in [2.24, 2.45) is 0 Å². The molecule has 11 aromatic rings. The molecule has 0 unspecified atom stereocenters. The predicted molar refractivity (Wildman–Crippen MR) is 221 cm³/mol. The van der Waals surface area contributed by atoms with Gasteiger partial charge in [-0.15, -0.1) is 22.7 Å². The van der Waals surface area contributed by atoms with Crippen molar-refractivity contribution in [2.45, 2.75) is 13.8 Å². The molecule has 0 radical (unpaired) electrons. The third kappa shape index (κ3) is 3.94. The second kappa shape index (κ2) is 10.5. The van der Waals surface area contributed by atoms with Gasteiger partial charge in [0.05, 0.1) is 45.6 Å². The van der Waals surface area contributed by atoms with Gasteiger partial charge in [0.1, 0.15) is 6.07 Å². The Morgan fingerprint density at radius 1 is 0.500 bits per heavy atom. The van der Waals surface area contributed by atoms with Crippen LogP contribution in [0.3, 0.4) is 0 Å². The van der Waals surface area contributed by atoms with Crippen molar-refractivity contribution in [2.75, 3.05) is 0 Å². The van der Waals surface area contributed by atoms with E-state index in [2.05, 4.69) is 143 Å². The van der Waals surface area contributed by atoms with Crippen LogP contribution in [-0.4, -0.2) is 9.13 Å². The summed E-state index contributed by atoms with van der Waals surface area (Å²) in [5, 5.41) is 20.4. The third-order valence-corrected chi connectivity index (χ3v) is 12.9. The van der Waals surface area contributed by atoms with E-state index in [1.165, 1.54) is 51.5 Å². The van der Waals surface area contributed by atoms with Crippen LogP contribution >= 0.6 is 22.7 Å². The van der Waals surface area contributed by atoms with Gasteiger partial charge in [0.25, 0.3) is 0 Å².